The molecule has 1 saturated heterocycles. The van der Waals surface area contributed by atoms with Crippen LogP contribution in [0.1, 0.15) is 56.0 Å². The molecule has 134 valence electrons. The van der Waals surface area contributed by atoms with Crippen LogP contribution in [0.4, 0.5) is 0 Å². The number of hydrogen-bond acceptors (Lipinski definition) is 3. The second kappa shape index (κ2) is 6.81. The molecule has 1 fully saturated rings. The van der Waals surface area contributed by atoms with Crippen molar-refractivity contribution >= 4 is 11.8 Å². The van der Waals surface area contributed by atoms with E-state index < -0.39 is 0 Å². The number of nitrogens with one attached hydrogen (secondary N) is 1. The van der Waals surface area contributed by atoms with Gasteiger partial charge in [0.25, 0.3) is 0 Å². The Kier molecular flexibility index (Phi) is 4.67. The second-order valence-electron chi connectivity index (χ2n) is 8.44. The molecule has 2 heterocycles. The Morgan fingerprint density at radius 3 is 2.60 bits per heavy atom. The molecule has 25 heavy (non-hydrogen) atoms. The number of benzene rings is 1. The standard InChI is InChI=1S/C21H29N3S/c1-15-4-6-17(7-5-15)24-20-13-21(2,3)12-19(18(20)14-22-24)23-16-8-10-25-11-9-16/h4-7,14,16,19,23H,8-13H2,1-3H3. The number of hydrogen-bond donors (Lipinski definition) is 1. The lowest BCUT2D eigenvalue weighted by atomic mass is 9.74. The van der Waals surface area contributed by atoms with Crippen molar-refractivity contribution in [1.82, 2.24) is 15.1 Å². The molecule has 2 aliphatic rings. The molecule has 0 bridgehead atoms. The van der Waals surface area contributed by atoms with Crippen LogP contribution in [0, 0.1) is 12.3 Å². The fourth-order valence-corrected chi connectivity index (χ4v) is 5.35. The molecule has 0 amide bonds. The maximum atomic E-state index is 4.78. The molecule has 1 N–H and O–H groups in total. The van der Waals surface area contributed by atoms with Crippen LogP contribution in [-0.2, 0) is 6.42 Å². The lowest BCUT2D eigenvalue weighted by Gasteiger charge is -2.38. The van der Waals surface area contributed by atoms with Crippen LogP contribution < -0.4 is 5.32 Å². The van der Waals surface area contributed by atoms with Gasteiger partial charge in [-0.2, -0.15) is 16.9 Å². The fourth-order valence-electron chi connectivity index (χ4n) is 4.25. The van der Waals surface area contributed by atoms with Crippen molar-refractivity contribution in [3.63, 3.8) is 0 Å². The van der Waals surface area contributed by atoms with E-state index in [0.717, 1.165) is 6.42 Å². The van der Waals surface area contributed by atoms with Crippen molar-refractivity contribution in [3.05, 3.63) is 47.3 Å². The Morgan fingerprint density at radius 2 is 1.88 bits per heavy atom. The Labute approximate surface area is 155 Å². The molecule has 0 radical (unpaired) electrons. The Hall–Kier alpha value is -1.26. The molecule has 1 aliphatic carbocycles. The van der Waals surface area contributed by atoms with Crippen molar-refractivity contribution in [1.29, 1.82) is 0 Å². The third-order valence-corrected chi connectivity index (χ3v) is 6.66. The molecular formula is C21H29N3S. The summed E-state index contributed by atoms with van der Waals surface area (Å²) in [5.41, 5.74) is 5.58. The second-order valence-corrected chi connectivity index (χ2v) is 9.67. The molecule has 1 atom stereocenters. The molecule has 4 rings (SSSR count). The third kappa shape index (κ3) is 3.65. The zero-order chi connectivity index (χ0) is 17.4. The van der Waals surface area contributed by atoms with Gasteiger partial charge in [0.05, 0.1) is 11.9 Å². The van der Waals surface area contributed by atoms with Crippen LogP contribution >= 0.6 is 11.8 Å². The molecule has 0 spiro atoms. The molecule has 1 aromatic heterocycles. The van der Waals surface area contributed by atoms with Crippen molar-refractivity contribution < 1.29 is 0 Å². The highest BCUT2D eigenvalue weighted by Gasteiger charge is 2.36. The first-order valence-electron chi connectivity index (χ1n) is 9.49. The van der Waals surface area contributed by atoms with Crippen molar-refractivity contribution in [2.24, 2.45) is 5.41 Å². The van der Waals surface area contributed by atoms with Crippen LogP contribution in [0.5, 0.6) is 0 Å². The smallest absolute Gasteiger partial charge is 0.0649 e. The minimum absolute atomic E-state index is 0.302. The van der Waals surface area contributed by atoms with Gasteiger partial charge in [0, 0.05) is 23.3 Å². The molecular weight excluding hydrogens is 326 g/mol. The van der Waals surface area contributed by atoms with Gasteiger partial charge >= 0.3 is 0 Å². The Morgan fingerprint density at radius 1 is 1.16 bits per heavy atom. The number of aryl methyl sites for hydroxylation is 1. The van der Waals surface area contributed by atoms with E-state index in [1.165, 1.54) is 53.3 Å². The van der Waals surface area contributed by atoms with E-state index in [2.05, 4.69) is 73.0 Å². The van der Waals surface area contributed by atoms with Crippen LogP contribution in [0.25, 0.3) is 5.69 Å². The lowest BCUT2D eigenvalue weighted by Crippen LogP contribution is -2.40. The maximum Gasteiger partial charge on any atom is 0.0649 e. The largest absolute Gasteiger partial charge is 0.307 e. The van der Waals surface area contributed by atoms with Gasteiger partial charge in [0.2, 0.25) is 0 Å². The summed E-state index contributed by atoms with van der Waals surface area (Å²) in [6, 6.07) is 9.82. The topological polar surface area (TPSA) is 29.9 Å². The monoisotopic (exact) mass is 355 g/mol. The van der Waals surface area contributed by atoms with Gasteiger partial charge in [-0.3, -0.25) is 0 Å². The zero-order valence-electron chi connectivity index (χ0n) is 15.6. The van der Waals surface area contributed by atoms with E-state index in [1.54, 1.807) is 0 Å². The van der Waals surface area contributed by atoms with E-state index in [1.807, 2.05) is 0 Å². The molecule has 1 unspecified atom stereocenters. The molecule has 1 aliphatic heterocycles. The Balaban J connectivity index is 1.65. The molecule has 4 heteroatoms. The summed E-state index contributed by atoms with van der Waals surface area (Å²) in [7, 11) is 0. The first kappa shape index (κ1) is 17.2. The molecule has 2 aromatic rings. The van der Waals surface area contributed by atoms with Gasteiger partial charge in [-0.25, -0.2) is 4.68 Å². The quantitative estimate of drug-likeness (QED) is 0.867. The predicted octanol–water partition coefficient (Wildman–Crippen LogP) is 4.68. The highest BCUT2D eigenvalue weighted by Crippen LogP contribution is 2.42. The fraction of sp³-hybridized carbons (Fsp3) is 0.571. The number of nitrogens with zero attached hydrogens (tertiary/aromatic N) is 2. The van der Waals surface area contributed by atoms with E-state index in [-0.39, 0.29) is 0 Å². The lowest BCUT2D eigenvalue weighted by molar-refractivity contribution is 0.238. The summed E-state index contributed by atoms with van der Waals surface area (Å²) in [6.07, 6.45) is 6.99. The van der Waals surface area contributed by atoms with Crippen molar-refractivity contribution in [3.8, 4) is 5.69 Å². The minimum Gasteiger partial charge on any atom is -0.307 e. The number of rotatable bonds is 3. The van der Waals surface area contributed by atoms with Gasteiger partial charge in [-0.15, -0.1) is 0 Å². The van der Waals surface area contributed by atoms with E-state index >= 15 is 0 Å². The average molecular weight is 356 g/mol. The summed E-state index contributed by atoms with van der Waals surface area (Å²) in [4.78, 5) is 0. The SMILES string of the molecule is Cc1ccc(-n2ncc3c2CC(C)(C)CC3NC2CCSCC2)cc1. The normalized spacial score (nSPS) is 23.4. The van der Waals surface area contributed by atoms with Crippen LogP contribution in [0.3, 0.4) is 0 Å². The number of fused-ring (bicyclic) bond motifs is 1. The zero-order valence-corrected chi connectivity index (χ0v) is 16.4. The van der Waals surface area contributed by atoms with E-state index in [0.29, 0.717) is 17.5 Å². The van der Waals surface area contributed by atoms with Crippen molar-refractivity contribution in [2.75, 3.05) is 11.5 Å². The first-order chi connectivity index (χ1) is 12.0. The molecule has 1 aromatic carbocycles. The van der Waals surface area contributed by atoms with Crippen LogP contribution in [0.15, 0.2) is 30.5 Å². The highest BCUT2D eigenvalue weighted by atomic mass is 32.2. The minimum atomic E-state index is 0.302. The average Bonchev–Trinajstić information content (AvgIpc) is 2.99. The number of thioether (sulfide) groups is 1. The van der Waals surface area contributed by atoms with Gasteiger partial charge in [0.15, 0.2) is 0 Å². The Bertz CT molecular complexity index is 726. The van der Waals surface area contributed by atoms with Gasteiger partial charge < -0.3 is 5.32 Å². The first-order valence-corrected chi connectivity index (χ1v) is 10.6. The van der Waals surface area contributed by atoms with Crippen LogP contribution in [-0.4, -0.2) is 27.3 Å². The highest BCUT2D eigenvalue weighted by molar-refractivity contribution is 7.99. The van der Waals surface area contributed by atoms with Gasteiger partial charge in [-0.1, -0.05) is 31.5 Å². The summed E-state index contributed by atoms with van der Waals surface area (Å²) in [6.45, 7) is 6.93. The molecule has 3 nitrogen and oxygen atoms in total. The van der Waals surface area contributed by atoms with Gasteiger partial charge in [0.1, 0.15) is 0 Å². The van der Waals surface area contributed by atoms with E-state index in [9.17, 15) is 0 Å². The summed E-state index contributed by atoms with van der Waals surface area (Å²) >= 11 is 2.09. The predicted molar refractivity (Wildman–Crippen MR) is 107 cm³/mol. The van der Waals surface area contributed by atoms with E-state index in [4.69, 9.17) is 5.10 Å². The molecule has 0 saturated carbocycles. The summed E-state index contributed by atoms with van der Waals surface area (Å²) in [5.74, 6) is 2.59. The number of aromatic nitrogens is 2. The summed E-state index contributed by atoms with van der Waals surface area (Å²) in [5, 5.41) is 8.76. The van der Waals surface area contributed by atoms with Gasteiger partial charge in [-0.05, 0) is 61.7 Å². The summed E-state index contributed by atoms with van der Waals surface area (Å²) < 4.78 is 2.17. The van der Waals surface area contributed by atoms with Crippen LogP contribution in [0.2, 0.25) is 0 Å². The van der Waals surface area contributed by atoms with Crippen molar-refractivity contribution in [2.45, 2.75) is 58.5 Å². The third-order valence-electron chi connectivity index (χ3n) is 5.62. The maximum absolute atomic E-state index is 4.78.